The lowest BCUT2D eigenvalue weighted by Crippen LogP contribution is -2.57. The van der Waals surface area contributed by atoms with Gasteiger partial charge < -0.3 is 16.0 Å². The van der Waals surface area contributed by atoms with E-state index in [-0.39, 0.29) is 23.5 Å². The molecule has 0 aromatic carbocycles. The molecule has 0 bridgehead atoms. The first kappa shape index (κ1) is 23.0. The van der Waals surface area contributed by atoms with Crippen molar-refractivity contribution in [2.45, 2.75) is 51.9 Å². The zero-order valence-electron chi connectivity index (χ0n) is 17.9. The van der Waals surface area contributed by atoms with Crippen molar-refractivity contribution < 1.29 is 18.0 Å². The highest BCUT2D eigenvalue weighted by atomic mass is 19.4. The van der Waals surface area contributed by atoms with Gasteiger partial charge >= 0.3 is 6.18 Å². The van der Waals surface area contributed by atoms with Crippen LogP contribution in [0.2, 0.25) is 0 Å². The van der Waals surface area contributed by atoms with Gasteiger partial charge in [-0.1, -0.05) is 20.8 Å². The molecule has 31 heavy (non-hydrogen) atoms. The van der Waals surface area contributed by atoms with E-state index in [9.17, 15) is 18.0 Å². The number of rotatable bonds is 6. The Bertz CT molecular complexity index is 932. The standard InChI is InChI=1S/C22H28F3N5O/c1-4-14-11-30(12-15(28-14)10-13(2)3)18-8-7-17(22(23,24)25)19(29-18)20(31)16-6-5-9-27-21(16)26/h5-9,13-15,28H,4,10-12H2,1-3H3,(H2,26,27)/t14-,15+/m1/s1. The van der Waals surface area contributed by atoms with Crippen LogP contribution in [0.1, 0.15) is 55.2 Å². The molecule has 1 fully saturated rings. The highest BCUT2D eigenvalue weighted by Gasteiger charge is 2.38. The fraction of sp³-hybridized carbons (Fsp3) is 0.500. The lowest BCUT2D eigenvalue weighted by molar-refractivity contribution is -0.138. The number of aromatic nitrogens is 2. The van der Waals surface area contributed by atoms with Gasteiger partial charge in [-0.2, -0.15) is 13.2 Å². The summed E-state index contributed by atoms with van der Waals surface area (Å²) in [5.41, 5.74) is 3.91. The minimum Gasteiger partial charge on any atom is -0.383 e. The van der Waals surface area contributed by atoms with Crippen molar-refractivity contribution in [1.29, 1.82) is 0 Å². The third-order valence-electron chi connectivity index (χ3n) is 5.41. The predicted octanol–water partition coefficient (Wildman–Crippen LogP) is 3.91. The lowest BCUT2D eigenvalue weighted by atomic mass is 9.98. The van der Waals surface area contributed by atoms with Crippen LogP contribution in [0.3, 0.4) is 0 Å². The van der Waals surface area contributed by atoms with Gasteiger partial charge in [0.15, 0.2) is 0 Å². The van der Waals surface area contributed by atoms with Crippen LogP contribution >= 0.6 is 0 Å². The van der Waals surface area contributed by atoms with E-state index in [4.69, 9.17) is 5.73 Å². The Balaban J connectivity index is 2.01. The van der Waals surface area contributed by atoms with Gasteiger partial charge in [-0.25, -0.2) is 9.97 Å². The Morgan fingerprint density at radius 1 is 1.26 bits per heavy atom. The average molecular weight is 435 g/mol. The molecule has 9 heteroatoms. The highest BCUT2D eigenvalue weighted by Crippen LogP contribution is 2.34. The first-order chi connectivity index (χ1) is 14.6. The first-order valence-corrected chi connectivity index (χ1v) is 10.4. The van der Waals surface area contributed by atoms with Gasteiger partial charge in [-0.15, -0.1) is 0 Å². The summed E-state index contributed by atoms with van der Waals surface area (Å²) < 4.78 is 41.0. The molecule has 0 unspecified atom stereocenters. The molecule has 3 rings (SSSR count). The van der Waals surface area contributed by atoms with E-state index in [1.807, 2.05) is 4.90 Å². The molecule has 3 heterocycles. The highest BCUT2D eigenvalue weighted by molar-refractivity contribution is 6.11. The molecule has 1 aliphatic rings. The van der Waals surface area contributed by atoms with E-state index in [1.165, 1.54) is 24.4 Å². The topological polar surface area (TPSA) is 84.1 Å². The van der Waals surface area contributed by atoms with Gasteiger partial charge in [0.25, 0.3) is 0 Å². The average Bonchev–Trinajstić information content (AvgIpc) is 2.71. The minimum atomic E-state index is -4.72. The van der Waals surface area contributed by atoms with Gasteiger partial charge in [0.05, 0.1) is 11.1 Å². The van der Waals surface area contributed by atoms with Gasteiger partial charge in [0.1, 0.15) is 17.3 Å². The second-order valence-electron chi connectivity index (χ2n) is 8.33. The predicted molar refractivity (Wildman–Crippen MR) is 114 cm³/mol. The molecule has 2 aromatic rings. The number of carbonyl (C=O) groups excluding carboxylic acids is 1. The molecule has 2 atom stereocenters. The summed E-state index contributed by atoms with van der Waals surface area (Å²) in [6.07, 6.45) is -1.53. The van der Waals surface area contributed by atoms with Crippen molar-refractivity contribution in [2.75, 3.05) is 23.7 Å². The summed E-state index contributed by atoms with van der Waals surface area (Å²) in [5.74, 6) is -0.188. The molecule has 2 aromatic heterocycles. The maximum Gasteiger partial charge on any atom is 0.418 e. The molecule has 3 N–H and O–H groups in total. The molecule has 0 amide bonds. The zero-order chi connectivity index (χ0) is 22.8. The summed E-state index contributed by atoms with van der Waals surface area (Å²) in [4.78, 5) is 23.0. The lowest BCUT2D eigenvalue weighted by Gasteiger charge is -2.40. The number of nitrogens with one attached hydrogen (secondary N) is 1. The SMILES string of the molecule is CC[C@@H]1CN(c2ccc(C(F)(F)F)c(C(=O)c3cccnc3N)n2)C[C@H](CC(C)C)N1. The summed E-state index contributed by atoms with van der Waals surface area (Å²) >= 11 is 0. The van der Waals surface area contributed by atoms with Crippen molar-refractivity contribution in [3.63, 3.8) is 0 Å². The third-order valence-corrected chi connectivity index (χ3v) is 5.41. The number of halogens is 3. The molecule has 0 radical (unpaired) electrons. The van der Waals surface area contributed by atoms with E-state index in [0.29, 0.717) is 24.8 Å². The van der Waals surface area contributed by atoms with E-state index < -0.39 is 23.2 Å². The molecule has 0 spiro atoms. The minimum absolute atomic E-state index is 0.0953. The van der Waals surface area contributed by atoms with Crippen LogP contribution in [0, 0.1) is 5.92 Å². The molecule has 6 nitrogen and oxygen atoms in total. The largest absolute Gasteiger partial charge is 0.418 e. The van der Waals surface area contributed by atoms with Crippen molar-refractivity contribution in [1.82, 2.24) is 15.3 Å². The Hall–Kier alpha value is -2.68. The van der Waals surface area contributed by atoms with Crippen LogP contribution in [0.4, 0.5) is 24.8 Å². The number of hydrogen-bond donors (Lipinski definition) is 2. The third kappa shape index (κ3) is 5.33. The molecule has 1 saturated heterocycles. The zero-order valence-corrected chi connectivity index (χ0v) is 17.9. The Labute approximate surface area is 180 Å². The van der Waals surface area contributed by atoms with Gasteiger partial charge in [-0.05, 0) is 43.0 Å². The number of ketones is 1. The summed E-state index contributed by atoms with van der Waals surface area (Å²) in [6, 6.07) is 5.47. The quantitative estimate of drug-likeness (QED) is 0.670. The van der Waals surface area contributed by atoms with Gasteiger partial charge in [0, 0.05) is 31.4 Å². The monoisotopic (exact) mass is 435 g/mol. The number of nitrogen functional groups attached to an aromatic ring is 1. The second-order valence-corrected chi connectivity index (χ2v) is 8.33. The number of nitrogens with two attached hydrogens (primary N) is 1. The Kier molecular flexibility index (Phi) is 6.83. The van der Waals surface area contributed by atoms with Crippen LogP contribution in [0.25, 0.3) is 0 Å². The van der Waals surface area contributed by atoms with E-state index in [0.717, 1.165) is 18.9 Å². The number of pyridine rings is 2. The van der Waals surface area contributed by atoms with Crippen LogP contribution in [-0.4, -0.2) is 40.9 Å². The second kappa shape index (κ2) is 9.21. The summed E-state index contributed by atoms with van der Waals surface area (Å²) in [7, 11) is 0. The first-order valence-electron chi connectivity index (χ1n) is 10.4. The van der Waals surface area contributed by atoms with Gasteiger partial charge in [0.2, 0.25) is 5.78 Å². The Morgan fingerprint density at radius 3 is 2.58 bits per heavy atom. The van der Waals surface area contributed by atoms with Crippen LogP contribution in [-0.2, 0) is 6.18 Å². The number of alkyl halides is 3. The number of carbonyl (C=O) groups is 1. The summed E-state index contributed by atoms with van der Waals surface area (Å²) in [5, 5.41) is 3.60. The van der Waals surface area contributed by atoms with Crippen LogP contribution in [0.15, 0.2) is 30.5 Å². The Morgan fingerprint density at radius 2 is 1.97 bits per heavy atom. The molecular formula is C22H28F3N5O. The van der Waals surface area contributed by atoms with E-state index >= 15 is 0 Å². The fourth-order valence-electron chi connectivity index (χ4n) is 3.95. The van der Waals surface area contributed by atoms with Crippen molar-refractivity contribution >= 4 is 17.4 Å². The van der Waals surface area contributed by atoms with E-state index in [1.54, 1.807) is 0 Å². The molecular weight excluding hydrogens is 407 g/mol. The fourth-order valence-corrected chi connectivity index (χ4v) is 3.95. The van der Waals surface area contributed by atoms with Crippen molar-refractivity contribution in [3.05, 3.63) is 47.3 Å². The van der Waals surface area contributed by atoms with Crippen molar-refractivity contribution in [2.24, 2.45) is 5.92 Å². The molecule has 0 aliphatic carbocycles. The number of hydrogen-bond acceptors (Lipinski definition) is 6. The molecule has 168 valence electrons. The maximum absolute atomic E-state index is 13.7. The van der Waals surface area contributed by atoms with Crippen LogP contribution < -0.4 is 16.0 Å². The number of anilines is 2. The number of nitrogens with zero attached hydrogens (tertiary/aromatic N) is 3. The van der Waals surface area contributed by atoms with Crippen LogP contribution in [0.5, 0.6) is 0 Å². The summed E-state index contributed by atoms with van der Waals surface area (Å²) in [6.45, 7) is 7.54. The molecule has 0 saturated carbocycles. The van der Waals surface area contributed by atoms with E-state index in [2.05, 4.69) is 36.1 Å². The normalized spacial score (nSPS) is 19.6. The van der Waals surface area contributed by atoms with Crippen molar-refractivity contribution in [3.8, 4) is 0 Å². The maximum atomic E-state index is 13.7. The number of piperazine rings is 1. The molecule has 1 aliphatic heterocycles. The van der Waals surface area contributed by atoms with Gasteiger partial charge in [-0.3, -0.25) is 4.79 Å². The smallest absolute Gasteiger partial charge is 0.383 e.